The summed E-state index contributed by atoms with van der Waals surface area (Å²) < 4.78 is 0. The molecule has 0 amide bonds. The first-order valence-corrected chi connectivity index (χ1v) is 4.80. The highest BCUT2D eigenvalue weighted by Gasteiger charge is 1.98. The van der Waals surface area contributed by atoms with Crippen molar-refractivity contribution in [2.24, 2.45) is 5.73 Å². The lowest BCUT2D eigenvalue weighted by Gasteiger charge is -2.08. The van der Waals surface area contributed by atoms with E-state index in [4.69, 9.17) is 10.8 Å². The van der Waals surface area contributed by atoms with Gasteiger partial charge in [0, 0.05) is 25.5 Å². The summed E-state index contributed by atoms with van der Waals surface area (Å²) in [6.45, 7) is 1.71. The Morgan fingerprint density at radius 3 is 2.79 bits per heavy atom. The minimum Gasteiger partial charge on any atom is -0.390 e. The smallest absolute Gasteiger partial charge is 0.0786 e. The summed E-state index contributed by atoms with van der Waals surface area (Å²) in [4.78, 5) is 3.94. The largest absolute Gasteiger partial charge is 0.390 e. The Morgan fingerprint density at radius 1 is 1.43 bits per heavy atom. The van der Waals surface area contributed by atoms with Gasteiger partial charge in [-0.3, -0.25) is 4.98 Å². The van der Waals surface area contributed by atoms with Gasteiger partial charge in [-0.1, -0.05) is 0 Å². The summed E-state index contributed by atoms with van der Waals surface area (Å²) in [5.74, 6) is 0. The number of aromatic nitrogens is 1. The summed E-state index contributed by atoms with van der Waals surface area (Å²) in [6.07, 6.45) is 4.07. The number of nitrogens with one attached hydrogen (secondary N) is 1. The van der Waals surface area contributed by atoms with Gasteiger partial charge in [0.1, 0.15) is 0 Å². The number of nitrogens with two attached hydrogens (primary N) is 1. The van der Waals surface area contributed by atoms with Crippen molar-refractivity contribution >= 4 is 0 Å². The third kappa shape index (κ3) is 4.32. The zero-order chi connectivity index (χ0) is 10.2. The summed E-state index contributed by atoms with van der Waals surface area (Å²) in [5, 5.41) is 12.3. The third-order valence-electron chi connectivity index (χ3n) is 1.99. The molecule has 78 valence electrons. The van der Waals surface area contributed by atoms with Gasteiger partial charge in [-0.15, -0.1) is 0 Å². The fourth-order valence-electron chi connectivity index (χ4n) is 1.13. The topological polar surface area (TPSA) is 71.2 Å². The highest BCUT2D eigenvalue weighted by molar-refractivity contribution is 5.09. The van der Waals surface area contributed by atoms with E-state index in [2.05, 4.69) is 10.3 Å². The maximum Gasteiger partial charge on any atom is 0.0786 e. The van der Waals surface area contributed by atoms with Crippen LogP contribution in [0.3, 0.4) is 0 Å². The first kappa shape index (κ1) is 11.1. The molecule has 1 aromatic rings. The molecule has 0 radical (unpaired) electrons. The molecule has 0 aliphatic heterocycles. The van der Waals surface area contributed by atoms with Crippen LogP contribution in [-0.2, 0) is 6.42 Å². The van der Waals surface area contributed by atoms with Crippen LogP contribution in [0.25, 0.3) is 0 Å². The molecule has 0 bridgehead atoms. The summed E-state index contributed by atoms with van der Waals surface area (Å²) in [6, 6.07) is 3.97. The van der Waals surface area contributed by atoms with E-state index in [1.54, 1.807) is 12.4 Å². The molecule has 1 rings (SSSR count). The van der Waals surface area contributed by atoms with Crippen LogP contribution in [0, 0.1) is 0 Å². The van der Waals surface area contributed by atoms with E-state index in [0.717, 1.165) is 13.0 Å². The zero-order valence-electron chi connectivity index (χ0n) is 8.19. The summed E-state index contributed by atoms with van der Waals surface area (Å²) in [5.41, 5.74) is 6.51. The van der Waals surface area contributed by atoms with E-state index in [-0.39, 0.29) is 0 Å². The van der Waals surface area contributed by atoms with Crippen LogP contribution < -0.4 is 11.1 Å². The van der Waals surface area contributed by atoms with Crippen LogP contribution in [0.2, 0.25) is 0 Å². The molecule has 0 aromatic carbocycles. The highest BCUT2D eigenvalue weighted by atomic mass is 16.3. The molecule has 0 fully saturated rings. The van der Waals surface area contributed by atoms with Crippen molar-refractivity contribution in [2.75, 3.05) is 19.6 Å². The molecule has 4 heteroatoms. The summed E-state index contributed by atoms with van der Waals surface area (Å²) in [7, 11) is 0. The van der Waals surface area contributed by atoms with Crippen molar-refractivity contribution in [2.45, 2.75) is 12.5 Å². The maximum atomic E-state index is 9.16. The molecule has 1 aromatic heterocycles. The van der Waals surface area contributed by atoms with Crippen molar-refractivity contribution in [1.29, 1.82) is 0 Å². The molecule has 0 spiro atoms. The average molecular weight is 195 g/mol. The standard InChI is InChI=1S/C10H17N3O/c11-7-10(14)8-13-6-3-9-1-4-12-5-2-9/h1-2,4-5,10,13-14H,3,6-8,11H2. The normalized spacial score (nSPS) is 12.7. The van der Waals surface area contributed by atoms with Crippen LogP contribution in [0.4, 0.5) is 0 Å². The number of aliphatic hydroxyl groups is 1. The van der Waals surface area contributed by atoms with Gasteiger partial charge in [0.2, 0.25) is 0 Å². The van der Waals surface area contributed by atoms with Crippen LogP contribution in [0.15, 0.2) is 24.5 Å². The first-order chi connectivity index (χ1) is 6.83. The van der Waals surface area contributed by atoms with Crippen molar-refractivity contribution in [1.82, 2.24) is 10.3 Å². The molecule has 1 atom stereocenters. The molecular formula is C10H17N3O. The number of pyridine rings is 1. The average Bonchev–Trinajstić information content (AvgIpc) is 2.25. The van der Waals surface area contributed by atoms with E-state index < -0.39 is 6.10 Å². The molecule has 0 saturated carbocycles. The van der Waals surface area contributed by atoms with Crippen molar-refractivity contribution in [3.05, 3.63) is 30.1 Å². The van der Waals surface area contributed by atoms with Gasteiger partial charge in [0.05, 0.1) is 6.10 Å². The molecule has 4 N–H and O–H groups in total. The van der Waals surface area contributed by atoms with Crippen molar-refractivity contribution in [3.8, 4) is 0 Å². The quantitative estimate of drug-likeness (QED) is 0.537. The van der Waals surface area contributed by atoms with E-state index in [1.807, 2.05) is 12.1 Å². The minimum absolute atomic E-state index is 0.308. The predicted molar refractivity (Wildman–Crippen MR) is 55.9 cm³/mol. The SMILES string of the molecule is NCC(O)CNCCc1ccncc1. The molecule has 0 saturated heterocycles. The number of hydrogen-bond donors (Lipinski definition) is 3. The van der Waals surface area contributed by atoms with Crippen molar-refractivity contribution in [3.63, 3.8) is 0 Å². The van der Waals surface area contributed by atoms with Gasteiger partial charge < -0.3 is 16.2 Å². The predicted octanol–water partition coefficient (Wildman–Crippen LogP) is -0.467. The van der Waals surface area contributed by atoms with Crippen LogP contribution >= 0.6 is 0 Å². The van der Waals surface area contributed by atoms with Gasteiger partial charge in [-0.25, -0.2) is 0 Å². The molecule has 1 heterocycles. The monoisotopic (exact) mass is 195 g/mol. The summed E-state index contributed by atoms with van der Waals surface area (Å²) >= 11 is 0. The maximum absolute atomic E-state index is 9.16. The van der Waals surface area contributed by atoms with Crippen molar-refractivity contribution < 1.29 is 5.11 Å². The second kappa shape index (κ2) is 6.48. The Bertz CT molecular complexity index is 240. The zero-order valence-corrected chi connectivity index (χ0v) is 8.19. The number of nitrogens with zero attached hydrogens (tertiary/aromatic N) is 1. The Hall–Kier alpha value is -0.970. The Balaban J connectivity index is 2.10. The second-order valence-corrected chi connectivity index (χ2v) is 3.20. The number of rotatable bonds is 6. The highest BCUT2D eigenvalue weighted by Crippen LogP contribution is 1.95. The molecule has 4 nitrogen and oxygen atoms in total. The second-order valence-electron chi connectivity index (χ2n) is 3.20. The minimum atomic E-state index is -0.438. The first-order valence-electron chi connectivity index (χ1n) is 4.80. The van der Waals surface area contributed by atoms with Gasteiger partial charge >= 0.3 is 0 Å². The molecule has 0 aliphatic carbocycles. The third-order valence-corrected chi connectivity index (χ3v) is 1.99. The van der Waals surface area contributed by atoms with Gasteiger partial charge in [-0.05, 0) is 30.7 Å². The van der Waals surface area contributed by atoms with Gasteiger partial charge in [0.25, 0.3) is 0 Å². The lowest BCUT2D eigenvalue weighted by Crippen LogP contribution is -2.33. The number of hydrogen-bond acceptors (Lipinski definition) is 4. The van der Waals surface area contributed by atoms with E-state index in [9.17, 15) is 0 Å². The lowest BCUT2D eigenvalue weighted by molar-refractivity contribution is 0.180. The van der Waals surface area contributed by atoms with Crippen LogP contribution in [0.1, 0.15) is 5.56 Å². The molecule has 14 heavy (non-hydrogen) atoms. The van der Waals surface area contributed by atoms with E-state index in [1.165, 1.54) is 5.56 Å². The molecule has 1 unspecified atom stereocenters. The molecular weight excluding hydrogens is 178 g/mol. The van der Waals surface area contributed by atoms with E-state index in [0.29, 0.717) is 13.1 Å². The van der Waals surface area contributed by atoms with Gasteiger partial charge in [0.15, 0.2) is 0 Å². The van der Waals surface area contributed by atoms with E-state index >= 15 is 0 Å². The number of aliphatic hydroxyl groups excluding tert-OH is 1. The Morgan fingerprint density at radius 2 is 2.14 bits per heavy atom. The lowest BCUT2D eigenvalue weighted by atomic mass is 10.2. The Kier molecular flexibility index (Phi) is 5.14. The fraction of sp³-hybridized carbons (Fsp3) is 0.500. The molecule has 0 aliphatic rings. The van der Waals surface area contributed by atoms with Crippen LogP contribution in [-0.4, -0.2) is 35.8 Å². The van der Waals surface area contributed by atoms with Gasteiger partial charge in [-0.2, -0.15) is 0 Å². The Labute approximate surface area is 84.2 Å². The van der Waals surface area contributed by atoms with Crippen LogP contribution in [0.5, 0.6) is 0 Å². The fourth-order valence-corrected chi connectivity index (χ4v) is 1.13.